The van der Waals surface area contributed by atoms with E-state index in [1.807, 2.05) is 6.92 Å². The molecule has 0 amide bonds. The molecule has 1 aromatic rings. The highest BCUT2D eigenvalue weighted by Gasteiger charge is 2.37. The zero-order valence-corrected chi connectivity index (χ0v) is 13.5. The number of aromatic hydroxyl groups is 1. The number of halogens is 3. The van der Waals surface area contributed by atoms with E-state index in [4.69, 9.17) is 0 Å². The maximum absolute atomic E-state index is 12.8. The molecule has 0 saturated heterocycles. The van der Waals surface area contributed by atoms with Gasteiger partial charge in [0.25, 0.3) is 0 Å². The summed E-state index contributed by atoms with van der Waals surface area (Å²) in [5.41, 5.74) is 2.69. The van der Waals surface area contributed by atoms with Crippen molar-refractivity contribution in [2.24, 2.45) is 0 Å². The minimum absolute atomic E-state index is 0.0101. The first-order valence-electron chi connectivity index (χ1n) is 7.37. The van der Waals surface area contributed by atoms with Crippen LogP contribution in [0.4, 0.5) is 13.2 Å². The maximum atomic E-state index is 12.8. The molecule has 2 rings (SSSR count). The Hall–Kier alpha value is -1.98. The summed E-state index contributed by atoms with van der Waals surface area (Å²) in [6, 6.07) is 0. The van der Waals surface area contributed by atoms with Gasteiger partial charge in [0.2, 0.25) is 0 Å². The molecule has 126 valence electrons. The standard InChI is InChI=1S/C17H20F3NO2/c1-9(22)7-14-10(2)13-5-6-21(12(4)17(18,19)20)8-15(13)11(3)16(14)23/h23H,4-8H2,1-3H3. The number of carbonyl (C=O) groups is 1. The van der Waals surface area contributed by atoms with E-state index in [0.717, 1.165) is 11.1 Å². The van der Waals surface area contributed by atoms with Crippen LogP contribution in [0.5, 0.6) is 5.75 Å². The maximum Gasteiger partial charge on any atom is 0.430 e. The highest BCUT2D eigenvalue weighted by molar-refractivity contribution is 5.80. The Morgan fingerprint density at radius 3 is 2.39 bits per heavy atom. The molecule has 3 nitrogen and oxygen atoms in total. The number of fused-ring (bicyclic) bond motifs is 1. The van der Waals surface area contributed by atoms with Gasteiger partial charge in [0, 0.05) is 25.1 Å². The number of hydrogen-bond acceptors (Lipinski definition) is 3. The molecule has 6 heteroatoms. The zero-order valence-electron chi connectivity index (χ0n) is 13.5. The van der Waals surface area contributed by atoms with Gasteiger partial charge < -0.3 is 10.0 Å². The zero-order chi connectivity index (χ0) is 17.5. The summed E-state index contributed by atoms with van der Waals surface area (Å²) in [7, 11) is 0. The molecule has 0 unspecified atom stereocenters. The lowest BCUT2D eigenvalue weighted by atomic mass is 9.86. The molecule has 1 aromatic carbocycles. The molecule has 0 aliphatic carbocycles. The van der Waals surface area contributed by atoms with Crippen LogP contribution in [0.2, 0.25) is 0 Å². The summed E-state index contributed by atoms with van der Waals surface area (Å²) < 4.78 is 38.5. The van der Waals surface area contributed by atoms with Crippen LogP contribution in [-0.2, 0) is 24.2 Å². The summed E-state index contributed by atoms with van der Waals surface area (Å²) in [6.07, 6.45) is -3.90. The molecule has 0 saturated carbocycles. The molecule has 0 atom stereocenters. The van der Waals surface area contributed by atoms with Crippen LogP contribution in [-0.4, -0.2) is 28.5 Å². The number of rotatable bonds is 3. The Bertz CT molecular complexity index is 678. The first kappa shape index (κ1) is 17.4. The van der Waals surface area contributed by atoms with Crippen LogP contribution in [0.1, 0.15) is 34.7 Å². The second kappa shape index (κ2) is 5.91. The van der Waals surface area contributed by atoms with Crippen LogP contribution in [0.15, 0.2) is 12.3 Å². The summed E-state index contributed by atoms with van der Waals surface area (Å²) >= 11 is 0. The molecule has 0 bridgehead atoms. The van der Waals surface area contributed by atoms with Gasteiger partial charge >= 0.3 is 6.18 Å². The third kappa shape index (κ3) is 3.21. The normalized spacial score (nSPS) is 14.6. The van der Waals surface area contributed by atoms with Gasteiger partial charge in [-0.3, -0.25) is 4.79 Å². The van der Waals surface area contributed by atoms with E-state index in [1.165, 1.54) is 11.8 Å². The Morgan fingerprint density at radius 2 is 1.87 bits per heavy atom. The third-order valence-electron chi connectivity index (χ3n) is 4.48. The smallest absolute Gasteiger partial charge is 0.430 e. The van der Waals surface area contributed by atoms with Crippen LogP contribution < -0.4 is 0 Å². The van der Waals surface area contributed by atoms with E-state index in [9.17, 15) is 23.1 Å². The quantitative estimate of drug-likeness (QED) is 0.922. The van der Waals surface area contributed by atoms with Gasteiger partial charge in [0.05, 0.1) is 0 Å². The number of allylic oxidation sites excluding steroid dienone is 1. The van der Waals surface area contributed by atoms with Crippen molar-refractivity contribution in [3.8, 4) is 5.75 Å². The monoisotopic (exact) mass is 327 g/mol. The third-order valence-corrected chi connectivity index (χ3v) is 4.48. The van der Waals surface area contributed by atoms with Gasteiger partial charge in [0.1, 0.15) is 17.2 Å². The summed E-state index contributed by atoms with van der Waals surface area (Å²) in [5, 5.41) is 10.4. The minimum atomic E-state index is -4.46. The SMILES string of the molecule is C=C(N1CCc2c(C)c(CC(C)=O)c(O)c(C)c2C1)C(F)(F)F. The van der Waals surface area contributed by atoms with Crippen LogP contribution in [0.3, 0.4) is 0 Å². The fourth-order valence-corrected chi connectivity index (χ4v) is 3.13. The molecule has 0 aromatic heterocycles. The number of nitrogens with zero attached hydrogens (tertiary/aromatic N) is 1. The molecule has 1 aliphatic heterocycles. The molecule has 0 fully saturated rings. The van der Waals surface area contributed by atoms with E-state index in [0.29, 0.717) is 23.1 Å². The lowest BCUT2D eigenvalue weighted by Crippen LogP contribution is -2.36. The lowest BCUT2D eigenvalue weighted by Gasteiger charge is -2.35. The lowest BCUT2D eigenvalue weighted by molar-refractivity contribution is -0.116. The summed E-state index contributed by atoms with van der Waals surface area (Å²) in [4.78, 5) is 12.6. The Balaban J connectivity index is 2.45. The molecule has 0 radical (unpaired) electrons. The van der Waals surface area contributed by atoms with Crippen molar-refractivity contribution in [2.75, 3.05) is 6.54 Å². The Labute approximate surface area is 133 Å². The fourth-order valence-electron chi connectivity index (χ4n) is 3.13. The summed E-state index contributed by atoms with van der Waals surface area (Å²) in [5.74, 6) is -0.0541. The van der Waals surface area contributed by atoms with Crippen molar-refractivity contribution < 1.29 is 23.1 Å². The molecular formula is C17H20F3NO2. The highest BCUT2D eigenvalue weighted by Crippen LogP contribution is 2.38. The molecule has 0 spiro atoms. The van der Waals surface area contributed by atoms with E-state index >= 15 is 0 Å². The van der Waals surface area contributed by atoms with Crippen molar-refractivity contribution >= 4 is 5.78 Å². The topological polar surface area (TPSA) is 40.5 Å². The Kier molecular flexibility index (Phi) is 4.46. The van der Waals surface area contributed by atoms with Crippen molar-refractivity contribution in [2.45, 2.75) is 46.3 Å². The number of carbonyl (C=O) groups excluding carboxylic acids is 1. The van der Waals surface area contributed by atoms with Gasteiger partial charge in [-0.15, -0.1) is 0 Å². The number of benzene rings is 1. The molecule has 1 heterocycles. The van der Waals surface area contributed by atoms with E-state index in [-0.39, 0.29) is 31.0 Å². The second-order valence-corrected chi connectivity index (χ2v) is 6.03. The van der Waals surface area contributed by atoms with Gasteiger partial charge in [-0.2, -0.15) is 13.2 Å². The van der Waals surface area contributed by atoms with E-state index < -0.39 is 11.9 Å². The number of ketones is 1. The van der Waals surface area contributed by atoms with E-state index in [1.54, 1.807) is 6.92 Å². The predicted octanol–water partition coefficient (Wildman–Crippen LogP) is 3.57. The van der Waals surface area contributed by atoms with Crippen LogP contribution >= 0.6 is 0 Å². The number of phenolic OH excluding ortho intramolecular Hbond substituents is 1. The van der Waals surface area contributed by atoms with Gasteiger partial charge in [0.15, 0.2) is 0 Å². The average Bonchev–Trinajstić information content (AvgIpc) is 2.47. The number of phenols is 1. The van der Waals surface area contributed by atoms with Gasteiger partial charge in [-0.05, 0) is 49.4 Å². The molecule has 23 heavy (non-hydrogen) atoms. The number of alkyl halides is 3. The van der Waals surface area contributed by atoms with Gasteiger partial charge in [-0.1, -0.05) is 6.58 Å². The fraction of sp³-hybridized carbons (Fsp3) is 0.471. The largest absolute Gasteiger partial charge is 0.507 e. The minimum Gasteiger partial charge on any atom is -0.507 e. The van der Waals surface area contributed by atoms with E-state index in [2.05, 4.69) is 6.58 Å². The molecule has 1 N–H and O–H groups in total. The second-order valence-electron chi connectivity index (χ2n) is 6.03. The summed E-state index contributed by atoms with van der Waals surface area (Å²) in [6.45, 7) is 8.36. The van der Waals surface area contributed by atoms with Gasteiger partial charge in [-0.25, -0.2) is 0 Å². The van der Waals surface area contributed by atoms with Crippen molar-refractivity contribution in [1.29, 1.82) is 0 Å². The number of hydrogen-bond donors (Lipinski definition) is 1. The van der Waals surface area contributed by atoms with Crippen molar-refractivity contribution in [3.63, 3.8) is 0 Å². The average molecular weight is 327 g/mol. The molecular weight excluding hydrogens is 307 g/mol. The van der Waals surface area contributed by atoms with Crippen molar-refractivity contribution in [3.05, 3.63) is 40.1 Å². The van der Waals surface area contributed by atoms with Crippen LogP contribution in [0.25, 0.3) is 0 Å². The van der Waals surface area contributed by atoms with Crippen molar-refractivity contribution in [1.82, 2.24) is 4.90 Å². The first-order chi connectivity index (χ1) is 10.5. The Morgan fingerprint density at radius 1 is 1.26 bits per heavy atom. The van der Waals surface area contributed by atoms with Crippen LogP contribution in [0, 0.1) is 13.8 Å². The first-order valence-corrected chi connectivity index (χ1v) is 7.37. The number of Topliss-reactive ketones (excluding diaryl/α,β-unsaturated/α-hetero) is 1. The molecule has 1 aliphatic rings. The predicted molar refractivity (Wildman–Crippen MR) is 81.3 cm³/mol. The highest BCUT2D eigenvalue weighted by atomic mass is 19.4.